The number of ether oxygens (including phenoxy) is 1. The number of hydrogen-bond donors (Lipinski definition) is 1. The lowest BCUT2D eigenvalue weighted by Gasteiger charge is -2.62. The van der Waals surface area contributed by atoms with E-state index in [0.29, 0.717) is 11.5 Å². The quantitative estimate of drug-likeness (QED) is 0.440. The molecule has 2 aliphatic rings. The zero-order chi connectivity index (χ0) is 14.8. The van der Waals surface area contributed by atoms with Gasteiger partial charge in [-0.05, 0) is 40.0 Å². The third-order valence-corrected chi connectivity index (χ3v) is 5.21. The minimum atomic E-state index is 0. The van der Waals surface area contributed by atoms with Gasteiger partial charge in [0.1, 0.15) is 0 Å². The number of nitrogens with one attached hydrogen (secondary N) is 1. The molecular weight excluding hydrogens is 377 g/mol. The van der Waals surface area contributed by atoms with Crippen LogP contribution in [0.15, 0.2) is 4.99 Å². The van der Waals surface area contributed by atoms with Crippen molar-refractivity contribution in [3.63, 3.8) is 0 Å². The van der Waals surface area contributed by atoms with Crippen molar-refractivity contribution in [3.05, 3.63) is 0 Å². The van der Waals surface area contributed by atoms with E-state index in [1.165, 1.54) is 12.8 Å². The predicted octanol–water partition coefficient (Wildman–Crippen LogP) is 3.26. The molecule has 0 aromatic heterocycles. The second-order valence-corrected chi connectivity index (χ2v) is 7.19. The van der Waals surface area contributed by atoms with Gasteiger partial charge in [-0.15, -0.1) is 24.0 Å². The van der Waals surface area contributed by atoms with E-state index in [4.69, 9.17) is 9.73 Å². The van der Waals surface area contributed by atoms with E-state index in [9.17, 15) is 0 Å². The van der Waals surface area contributed by atoms with Crippen LogP contribution in [0.3, 0.4) is 0 Å². The molecule has 2 saturated heterocycles. The molecule has 124 valence electrons. The monoisotopic (exact) mass is 409 g/mol. The highest BCUT2D eigenvalue weighted by atomic mass is 127. The highest BCUT2D eigenvalue weighted by Gasteiger charge is 2.53. The molecule has 0 spiro atoms. The third kappa shape index (κ3) is 4.03. The van der Waals surface area contributed by atoms with E-state index in [-0.39, 0.29) is 29.5 Å². The molecule has 21 heavy (non-hydrogen) atoms. The molecular formula is C16H32IN3O. The van der Waals surface area contributed by atoms with Crippen LogP contribution in [0.1, 0.15) is 53.9 Å². The maximum Gasteiger partial charge on any atom is 0.194 e. The first-order valence-corrected chi connectivity index (χ1v) is 8.06. The van der Waals surface area contributed by atoms with Gasteiger partial charge in [0, 0.05) is 37.2 Å². The summed E-state index contributed by atoms with van der Waals surface area (Å²) in [5, 5.41) is 3.44. The van der Waals surface area contributed by atoms with Crippen LogP contribution < -0.4 is 5.32 Å². The molecule has 0 bridgehead atoms. The average molecular weight is 409 g/mol. The number of guanidine groups is 1. The van der Waals surface area contributed by atoms with Gasteiger partial charge in [-0.1, -0.05) is 13.8 Å². The zero-order valence-corrected chi connectivity index (χ0v) is 16.6. The Bertz CT molecular complexity index is 363. The SMILES string of the molecule is CCNC(=NCCC1CCCO1)N1CC(C)(C)C1(C)C.I. The fraction of sp³-hybridized carbons (Fsp3) is 0.938. The smallest absolute Gasteiger partial charge is 0.194 e. The lowest BCUT2D eigenvalue weighted by atomic mass is 9.65. The number of nitrogens with zero attached hydrogens (tertiary/aromatic N) is 2. The van der Waals surface area contributed by atoms with Gasteiger partial charge in [-0.25, -0.2) is 0 Å². The Balaban J connectivity index is 0.00000220. The highest BCUT2D eigenvalue weighted by Crippen LogP contribution is 2.46. The summed E-state index contributed by atoms with van der Waals surface area (Å²) in [4.78, 5) is 7.22. The first kappa shape index (κ1) is 19.0. The van der Waals surface area contributed by atoms with Crippen molar-refractivity contribution in [2.75, 3.05) is 26.2 Å². The molecule has 1 atom stereocenters. The Morgan fingerprint density at radius 1 is 1.33 bits per heavy atom. The van der Waals surface area contributed by atoms with E-state index in [1.807, 2.05) is 0 Å². The third-order valence-electron chi connectivity index (χ3n) is 5.21. The summed E-state index contributed by atoms with van der Waals surface area (Å²) >= 11 is 0. The number of halogens is 1. The molecule has 0 aromatic carbocycles. The summed E-state index contributed by atoms with van der Waals surface area (Å²) in [6.45, 7) is 15.2. The van der Waals surface area contributed by atoms with E-state index >= 15 is 0 Å². The lowest BCUT2D eigenvalue weighted by molar-refractivity contribution is -0.0667. The molecule has 0 aliphatic carbocycles. The fourth-order valence-corrected chi connectivity index (χ4v) is 2.98. The number of aliphatic imine (C=N–C) groups is 1. The summed E-state index contributed by atoms with van der Waals surface area (Å²) in [6.07, 6.45) is 3.89. The van der Waals surface area contributed by atoms with Gasteiger partial charge in [0.25, 0.3) is 0 Å². The van der Waals surface area contributed by atoms with Gasteiger partial charge in [0.05, 0.1) is 6.10 Å². The van der Waals surface area contributed by atoms with Crippen molar-refractivity contribution in [1.29, 1.82) is 0 Å². The van der Waals surface area contributed by atoms with Gasteiger partial charge < -0.3 is 15.0 Å². The van der Waals surface area contributed by atoms with Crippen molar-refractivity contribution < 1.29 is 4.74 Å². The summed E-state index contributed by atoms with van der Waals surface area (Å²) in [5.74, 6) is 1.06. The van der Waals surface area contributed by atoms with Crippen LogP contribution in [-0.2, 0) is 4.74 Å². The molecule has 0 aromatic rings. The van der Waals surface area contributed by atoms with Gasteiger partial charge >= 0.3 is 0 Å². The number of hydrogen-bond acceptors (Lipinski definition) is 2. The van der Waals surface area contributed by atoms with Gasteiger partial charge in [-0.3, -0.25) is 4.99 Å². The van der Waals surface area contributed by atoms with Crippen LogP contribution in [0, 0.1) is 5.41 Å². The Kier molecular flexibility index (Phi) is 6.78. The number of rotatable bonds is 4. The van der Waals surface area contributed by atoms with E-state index in [1.54, 1.807) is 0 Å². The molecule has 1 unspecified atom stereocenters. The Labute approximate surface area is 147 Å². The van der Waals surface area contributed by atoms with Crippen LogP contribution in [0.5, 0.6) is 0 Å². The summed E-state index contributed by atoms with van der Waals surface area (Å²) < 4.78 is 5.67. The Morgan fingerprint density at radius 2 is 2.05 bits per heavy atom. The van der Waals surface area contributed by atoms with Crippen molar-refractivity contribution in [2.45, 2.75) is 65.5 Å². The van der Waals surface area contributed by atoms with Crippen molar-refractivity contribution in [3.8, 4) is 0 Å². The molecule has 0 amide bonds. The van der Waals surface area contributed by atoms with Gasteiger partial charge in [0.15, 0.2) is 5.96 Å². The number of likely N-dealkylation sites (tertiary alicyclic amines) is 1. The van der Waals surface area contributed by atoms with E-state index in [0.717, 1.165) is 38.6 Å². The first-order chi connectivity index (χ1) is 9.38. The maximum atomic E-state index is 5.67. The van der Waals surface area contributed by atoms with E-state index in [2.05, 4.69) is 44.8 Å². The second kappa shape index (κ2) is 7.49. The normalized spacial score (nSPS) is 27.0. The van der Waals surface area contributed by atoms with E-state index < -0.39 is 0 Å². The molecule has 0 saturated carbocycles. The average Bonchev–Trinajstić information content (AvgIpc) is 2.88. The predicted molar refractivity (Wildman–Crippen MR) is 99.6 cm³/mol. The van der Waals surface area contributed by atoms with Crippen LogP contribution >= 0.6 is 24.0 Å². The second-order valence-electron chi connectivity index (χ2n) is 7.19. The standard InChI is InChI=1S/C16H31N3O.HI/c1-6-17-14(18-10-9-13-8-7-11-20-13)19-12-15(2,3)16(19,4)5;/h13H,6-12H2,1-5H3,(H,17,18);1H. The van der Waals surface area contributed by atoms with Crippen LogP contribution in [0.2, 0.25) is 0 Å². The Hall–Kier alpha value is -0.0400. The van der Waals surface area contributed by atoms with Gasteiger partial charge in [-0.2, -0.15) is 0 Å². The highest BCUT2D eigenvalue weighted by molar-refractivity contribution is 14.0. The molecule has 2 heterocycles. The summed E-state index contributed by atoms with van der Waals surface area (Å²) in [7, 11) is 0. The first-order valence-electron chi connectivity index (χ1n) is 8.06. The minimum Gasteiger partial charge on any atom is -0.378 e. The molecule has 0 radical (unpaired) electrons. The minimum absolute atomic E-state index is 0. The largest absolute Gasteiger partial charge is 0.378 e. The van der Waals surface area contributed by atoms with Crippen LogP contribution in [0.4, 0.5) is 0 Å². The molecule has 2 fully saturated rings. The topological polar surface area (TPSA) is 36.9 Å². The molecule has 1 N–H and O–H groups in total. The van der Waals surface area contributed by atoms with Crippen LogP contribution in [0.25, 0.3) is 0 Å². The Morgan fingerprint density at radius 3 is 2.52 bits per heavy atom. The van der Waals surface area contributed by atoms with Crippen LogP contribution in [-0.4, -0.2) is 48.7 Å². The van der Waals surface area contributed by atoms with Crippen molar-refractivity contribution in [1.82, 2.24) is 10.2 Å². The fourth-order valence-electron chi connectivity index (χ4n) is 2.98. The summed E-state index contributed by atoms with van der Waals surface area (Å²) in [6, 6.07) is 0. The van der Waals surface area contributed by atoms with Gasteiger partial charge in [0.2, 0.25) is 0 Å². The lowest BCUT2D eigenvalue weighted by Crippen LogP contribution is -2.72. The van der Waals surface area contributed by atoms with Crippen molar-refractivity contribution >= 4 is 29.9 Å². The zero-order valence-electron chi connectivity index (χ0n) is 14.2. The van der Waals surface area contributed by atoms with Crippen molar-refractivity contribution in [2.24, 2.45) is 10.4 Å². The molecule has 5 heteroatoms. The summed E-state index contributed by atoms with van der Waals surface area (Å²) in [5.41, 5.74) is 0.510. The maximum absolute atomic E-state index is 5.67. The molecule has 2 aliphatic heterocycles. The molecule has 4 nitrogen and oxygen atoms in total. The molecule has 2 rings (SSSR count).